The number of fused-ring (bicyclic) bond motifs is 1. The van der Waals surface area contributed by atoms with Crippen molar-refractivity contribution >= 4 is 5.91 Å². The van der Waals surface area contributed by atoms with Crippen LogP contribution in [0.4, 0.5) is 0 Å². The number of piperidine rings is 1. The third-order valence-electron chi connectivity index (χ3n) is 7.28. The Labute approximate surface area is 166 Å². The molecule has 1 aromatic heterocycles. The van der Waals surface area contributed by atoms with E-state index in [2.05, 4.69) is 51.4 Å². The first-order valence-corrected chi connectivity index (χ1v) is 10.5. The second-order valence-corrected chi connectivity index (χ2v) is 8.99. The number of aromatic nitrogens is 2. The minimum absolute atomic E-state index is 0.0405. The summed E-state index contributed by atoms with van der Waals surface area (Å²) < 4.78 is 0. The van der Waals surface area contributed by atoms with Crippen LogP contribution in [0.1, 0.15) is 54.4 Å². The van der Waals surface area contributed by atoms with Gasteiger partial charge in [-0.25, -0.2) is 4.98 Å². The lowest BCUT2D eigenvalue weighted by molar-refractivity contribution is -0.0115. The van der Waals surface area contributed by atoms with Crippen LogP contribution in [0.2, 0.25) is 0 Å². The van der Waals surface area contributed by atoms with E-state index >= 15 is 0 Å². The molecule has 3 aliphatic rings. The number of carbonyl (C=O) groups is 1. The fourth-order valence-electron chi connectivity index (χ4n) is 5.90. The molecular formula is C23H28N4O. The van der Waals surface area contributed by atoms with Gasteiger partial charge in [-0.3, -0.25) is 9.78 Å². The van der Waals surface area contributed by atoms with Gasteiger partial charge in [0.15, 0.2) is 0 Å². The summed E-state index contributed by atoms with van der Waals surface area (Å²) in [5.41, 5.74) is 2.74. The molecule has 5 rings (SSSR count). The van der Waals surface area contributed by atoms with Crippen molar-refractivity contribution in [3.05, 3.63) is 59.7 Å². The van der Waals surface area contributed by atoms with Gasteiger partial charge in [0.25, 0.3) is 5.91 Å². The van der Waals surface area contributed by atoms with E-state index in [1.54, 1.807) is 12.4 Å². The average molecular weight is 377 g/mol. The van der Waals surface area contributed by atoms with Crippen molar-refractivity contribution in [2.45, 2.75) is 70.1 Å². The quantitative estimate of drug-likeness (QED) is 0.894. The molecule has 146 valence electrons. The molecule has 5 nitrogen and oxygen atoms in total. The zero-order valence-corrected chi connectivity index (χ0v) is 16.6. The molecule has 0 spiro atoms. The lowest BCUT2D eigenvalue weighted by atomic mass is 9.64. The van der Waals surface area contributed by atoms with E-state index in [4.69, 9.17) is 0 Å². The molecular weight excluding hydrogens is 348 g/mol. The van der Waals surface area contributed by atoms with E-state index in [0.29, 0.717) is 17.8 Å². The van der Waals surface area contributed by atoms with Crippen LogP contribution in [0.15, 0.2) is 42.7 Å². The van der Waals surface area contributed by atoms with Crippen LogP contribution in [0.3, 0.4) is 0 Å². The van der Waals surface area contributed by atoms with E-state index in [-0.39, 0.29) is 23.4 Å². The van der Waals surface area contributed by atoms with Crippen molar-refractivity contribution in [2.24, 2.45) is 5.41 Å². The number of benzene rings is 1. The van der Waals surface area contributed by atoms with Gasteiger partial charge in [-0.2, -0.15) is 0 Å². The Morgan fingerprint density at radius 1 is 1.21 bits per heavy atom. The Hall–Kier alpha value is -2.27. The molecule has 2 bridgehead atoms. The minimum atomic E-state index is 0.0405. The highest BCUT2D eigenvalue weighted by atomic mass is 16.2. The van der Waals surface area contributed by atoms with Gasteiger partial charge in [-0.1, -0.05) is 37.3 Å². The first-order valence-electron chi connectivity index (χ1n) is 10.5. The minimum Gasteiger partial charge on any atom is -0.329 e. The van der Waals surface area contributed by atoms with Crippen LogP contribution >= 0.6 is 0 Å². The number of amides is 1. The second-order valence-electron chi connectivity index (χ2n) is 8.99. The largest absolute Gasteiger partial charge is 0.329 e. The first-order chi connectivity index (χ1) is 13.6. The summed E-state index contributed by atoms with van der Waals surface area (Å²) in [6.07, 6.45) is 8.84. The lowest BCUT2D eigenvalue weighted by Crippen LogP contribution is -2.62. The van der Waals surface area contributed by atoms with Gasteiger partial charge in [0.2, 0.25) is 0 Å². The standard InChI is InChI=1S/C23H28N4O/c1-15-13-25-18(14-24-15)22(28)27-19(11-16-7-4-3-5-8-16)17-12-23(2)20(26-17)9-6-10-21(23)27/h3-5,7-8,13-14,17,19-21,26H,6,9-12H2,1-2H3/t17-,19-,20-,21+,23-/m0/s1. The summed E-state index contributed by atoms with van der Waals surface area (Å²) in [5, 5.41) is 3.91. The third-order valence-corrected chi connectivity index (χ3v) is 7.28. The summed E-state index contributed by atoms with van der Waals surface area (Å²) in [4.78, 5) is 24.6. The normalized spacial score (nSPS) is 33.7. The van der Waals surface area contributed by atoms with Crippen molar-refractivity contribution in [3.8, 4) is 0 Å². The van der Waals surface area contributed by atoms with Crippen LogP contribution < -0.4 is 5.32 Å². The molecule has 2 aromatic rings. The zero-order chi connectivity index (χ0) is 19.3. The van der Waals surface area contributed by atoms with E-state index < -0.39 is 0 Å². The number of aryl methyl sites for hydroxylation is 1. The smallest absolute Gasteiger partial charge is 0.274 e. The molecule has 0 unspecified atom stereocenters. The lowest BCUT2D eigenvalue weighted by Gasteiger charge is -2.53. The fraction of sp³-hybridized carbons (Fsp3) is 0.522. The molecule has 2 aliphatic heterocycles. The van der Waals surface area contributed by atoms with E-state index in [1.165, 1.54) is 18.4 Å². The Balaban J connectivity index is 1.55. The summed E-state index contributed by atoms with van der Waals surface area (Å²) in [6.45, 7) is 4.28. The Morgan fingerprint density at radius 2 is 2.04 bits per heavy atom. The maximum absolute atomic E-state index is 13.7. The maximum Gasteiger partial charge on any atom is 0.274 e. The predicted octanol–water partition coefficient (Wildman–Crippen LogP) is 3.14. The van der Waals surface area contributed by atoms with E-state index in [1.807, 2.05) is 13.0 Å². The van der Waals surface area contributed by atoms with Crippen molar-refractivity contribution in [3.63, 3.8) is 0 Å². The van der Waals surface area contributed by atoms with Crippen molar-refractivity contribution in [2.75, 3.05) is 0 Å². The molecule has 3 heterocycles. The number of carbonyl (C=O) groups excluding carboxylic acids is 1. The SMILES string of the molecule is Cc1cnc(C(=O)N2[C@@H](Cc3ccccc3)[C@@H]3C[C@@]4(C)[C@H](CCC[C@@H]24)N3)cn1. The van der Waals surface area contributed by atoms with Gasteiger partial charge in [-0.05, 0) is 44.6 Å². The molecule has 5 heteroatoms. The number of likely N-dealkylation sites (tertiary alicyclic amines) is 1. The Bertz CT molecular complexity index is 868. The molecule has 5 atom stereocenters. The van der Waals surface area contributed by atoms with Gasteiger partial charge in [0, 0.05) is 29.7 Å². The summed E-state index contributed by atoms with van der Waals surface area (Å²) >= 11 is 0. The zero-order valence-electron chi connectivity index (χ0n) is 16.6. The number of nitrogens with zero attached hydrogens (tertiary/aromatic N) is 3. The molecule has 2 saturated heterocycles. The summed E-state index contributed by atoms with van der Waals surface area (Å²) in [6, 6.07) is 11.8. The number of hydrogen-bond acceptors (Lipinski definition) is 4. The molecule has 28 heavy (non-hydrogen) atoms. The molecule has 0 radical (unpaired) electrons. The van der Waals surface area contributed by atoms with Crippen molar-refractivity contribution < 1.29 is 4.79 Å². The monoisotopic (exact) mass is 376 g/mol. The topological polar surface area (TPSA) is 58.1 Å². The van der Waals surface area contributed by atoms with Gasteiger partial charge >= 0.3 is 0 Å². The van der Waals surface area contributed by atoms with E-state index in [0.717, 1.165) is 25.0 Å². The molecule has 1 amide bonds. The highest BCUT2D eigenvalue weighted by Gasteiger charge is 2.60. The van der Waals surface area contributed by atoms with Gasteiger partial charge in [0.1, 0.15) is 5.69 Å². The predicted molar refractivity (Wildman–Crippen MR) is 108 cm³/mol. The van der Waals surface area contributed by atoms with Crippen molar-refractivity contribution in [1.29, 1.82) is 0 Å². The average Bonchev–Trinajstić information content (AvgIpc) is 3.05. The van der Waals surface area contributed by atoms with Gasteiger partial charge < -0.3 is 10.2 Å². The molecule has 1 aromatic carbocycles. The van der Waals surface area contributed by atoms with Crippen LogP contribution in [0.25, 0.3) is 0 Å². The van der Waals surface area contributed by atoms with Crippen LogP contribution in [-0.2, 0) is 6.42 Å². The van der Waals surface area contributed by atoms with E-state index in [9.17, 15) is 4.79 Å². The fourth-order valence-corrected chi connectivity index (χ4v) is 5.90. The number of nitrogens with one attached hydrogen (secondary N) is 1. The first kappa shape index (κ1) is 17.8. The third kappa shape index (κ3) is 2.75. The summed E-state index contributed by atoms with van der Waals surface area (Å²) in [5.74, 6) is 0.0405. The Morgan fingerprint density at radius 3 is 2.79 bits per heavy atom. The second kappa shape index (κ2) is 6.66. The van der Waals surface area contributed by atoms with Gasteiger partial charge in [0.05, 0.1) is 17.9 Å². The molecule has 1 N–H and O–H groups in total. The highest BCUT2D eigenvalue weighted by molar-refractivity contribution is 5.92. The van der Waals surface area contributed by atoms with Gasteiger partial charge in [-0.15, -0.1) is 0 Å². The van der Waals surface area contributed by atoms with Crippen LogP contribution in [0, 0.1) is 12.3 Å². The molecule has 1 saturated carbocycles. The Kier molecular flexibility index (Phi) is 4.23. The van der Waals surface area contributed by atoms with Crippen LogP contribution in [-0.4, -0.2) is 44.9 Å². The van der Waals surface area contributed by atoms with Crippen LogP contribution in [0.5, 0.6) is 0 Å². The molecule has 1 aliphatic carbocycles. The maximum atomic E-state index is 13.7. The number of hydrogen-bond donors (Lipinski definition) is 1. The number of rotatable bonds is 3. The van der Waals surface area contributed by atoms with Crippen molar-refractivity contribution in [1.82, 2.24) is 20.2 Å². The molecule has 3 fully saturated rings. The summed E-state index contributed by atoms with van der Waals surface area (Å²) in [7, 11) is 0. The highest BCUT2D eigenvalue weighted by Crippen LogP contribution is 2.52.